The Morgan fingerprint density at radius 2 is 2.04 bits per heavy atom. The summed E-state index contributed by atoms with van der Waals surface area (Å²) in [4.78, 5) is 26.2. The molecule has 0 aromatic carbocycles. The number of nitrogens with one attached hydrogen (secondary N) is 2. The van der Waals surface area contributed by atoms with Crippen LogP contribution in [-0.4, -0.2) is 65.4 Å². The van der Waals surface area contributed by atoms with Crippen molar-refractivity contribution in [2.45, 2.75) is 39.5 Å². The number of hydrogen-bond donors (Lipinski definition) is 2. The van der Waals surface area contributed by atoms with Crippen LogP contribution < -0.4 is 10.6 Å². The van der Waals surface area contributed by atoms with E-state index in [1.54, 1.807) is 29.0 Å². The number of ether oxygens (including phenoxy) is 1. The molecule has 0 bridgehead atoms. The molecule has 2 rings (SSSR count). The molecule has 1 aromatic heterocycles. The summed E-state index contributed by atoms with van der Waals surface area (Å²) in [5.74, 6) is -0.219. The SMILES string of the molecule is CNCC(C)C(=O)Nc1cnn(CC(=O)N2CC(C)OC(C)C2)c1. The van der Waals surface area contributed by atoms with Gasteiger partial charge < -0.3 is 20.3 Å². The largest absolute Gasteiger partial charge is 0.372 e. The highest BCUT2D eigenvalue weighted by Crippen LogP contribution is 2.12. The van der Waals surface area contributed by atoms with E-state index in [2.05, 4.69) is 15.7 Å². The van der Waals surface area contributed by atoms with Crippen LogP contribution in [0.5, 0.6) is 0 Å². The minimum absolute atomic E-state index is 0.00141. The van der Waals surface area contributed by atoms with Gasteiger partial charge in [0.2, 0.25) is 11.8 Å². The van der Waals surface area contributed by atoms with Crippen molar-refractivity contribution in [1.29, 1.82) is 0 Å². The van der Waals surface area contributed by atoms with Gasteiger partial charge in [0.1, 0.15) is 6.54 Å². The van der Waals surface area contributed by atoms with Crippen molar-refractivity contribution in [2.24, 2.45) is 5.92 Å². The average Bonchev–Trinajstić information content (AvgIpc) is 2.93. The molecule has 8 heteroatoms. The van der Waals surface area contributed by atoms with E-state index in [4.69, 9.17) is 4.74 Å². The predicted molar refractivity (Wildman–Crippen MR) is 90.5 cm³/mol. The van der Waals surface area contributed by atoms with E-state index >= 15 is 0 Å². The smallest absolute Gasteiger partial charge is 0.244 e. The zero-order chi connectivity index (χ0) is 17.7. The first-order valence-electron chi connectivity index (χ1n) is 8.30. The van der Waals surface area contributed by atoms with Gasteiger partial charge in [-0.3, -0.25) is 14.3 Å². The third-order valence-corrected chi connectivity index (χ3v) is 3.93. The van der Waals surface area contributed by atoms with Crippen LogP contribution in [0.15, 0.2) is 12.4 Å². The quantitative estimate of drug-likeness (QED) is 0.780. The molecule has 1 fully saturated rings. The molecule has 134 valence electrons. The zero-order valence-electron chi connectivity index (χ0n) is 14.8. The molecule has 0 spiro atoms. The average molecular weight is 337 g/mol. The van der Waals surface area contributed by atoms with Crippen molar-refractivity contribution in [3.05, 3.63) is 12.4 Å². The fourth-order valence-corrected chi connectivity index (χ4v) is 2.80. The number of aromatic nitrogens is 2. The number of amides is 2. The Hall–Kier alpha value is -1.93. The number of rotatable bonds is 6. The Bertz CT molecular complexity index is 564. The van der Waals surface area contributed by atoms with Gasteiger partial charge in [-0.15, -0.1) is 0 Å². The molecular weight excluding hydrogens is 310 g/mol. The van der Waals surface area contributed by atoms with Gasteiger partial charge in [-0.05, 0) is 20.9 Å². The number of hydrogen-bond acceptors (Lipinski definition) is 5. The van der Waals surface area contributed by atoms with Crippen LogP contribution >= 0.6 is 0 Å². The molecule has 0 saturated carbocycles. The van der Waals surface area contributed by atoms with Gasteiger partial charge in [-0.2, -0.15) is 5.10 Å². The second-order valence-corrected chi connectivity index (χ2v) is 6.43. The van der Waals surface area contributed by atoms with Crippen molar-refractivity contribution >= 4 is 17.5 Å². The summed E-state index contributed by atoms with van der Waals surface area (Å²) in [6.07, 6.45) is 3.31. The third-order valence-electron chi connectivity index (χ3n) is 3.93. The minimum Gasteiger partial charge on any atom is -0.372 e. The molecule has 0 aliphatic carbocycles. The van der Waals surface area contributed by atoms with E-state index in [1.165, 1.54) is 0 Å². The van der Waals surface area contributed by atoms with Crippen LogP contribution in [0.2, 0.25) is 0 Å². The lowest BCUT2D eigenvalue weighted by Crippen LogP contribution is -2.49. The summed E-state index contributed by atoms with van der Waals surface area (Å²) < 4.78 is 7.19. The van der Waals surface area contributed by atoms with Crippen molar-refractivity contribution in [1.82, 2.24) is 20.0 Å². The molecule has 3 unspecified atom stereocenters. The van der Waals surface area contributed by atoms with Crippen molar-refractivity contribution in [3.63, 3.8) is 0 Å². The molecule has 2 N–H and O–H groups in total. The zero-order valence-corrected chi connectivity index (χ0v) is 14.8. The number of carbonyl (C=O) groups excluding carboxylic acids is 2. The molecule has 8 nitrogen and oxygen atoms in total. The summed E-state index contributed by atoms with van der Waals surface area (Å²) in [6.45, 7) is 7.71. The Balaban J connectivity index is 1.89. The van der Waals surface area contributed by atoms with E-state index in [-0.39, 0.29) is 36.5 Å². The fraction of sp³-hybridized carbons (Fsp3) is 0.688. The Morgan fingerprint density at radius 1 is 1.38 bits per heavy atom. The second-order valence-electron chi connectivity index (χ2n) is 6.43. The molecule has 1 aromatic rings. The standard InChI is InChI=1S/C16H27N5O3/c1-11(5-17-4)16(23)19-14-6-18-21(9-14)10-15(22)20-7-12(2)24-13(3)8-20/h6,9,11-13,17H,5,7-8,10H2,1-4H3,(H,19,23). The molecule has 1 aliphatic heterocycles. The maximum absolute atomic E-state index is 12.4. The number of carbonyl (C=O) groups is 2. The molecule has 1 aliphatic rings. The summed E-state index contributed by atoms with van der Waals surface area (Å²) in [5, 5.41) is 9.93. The highest BCUT2D eigenvalue weighted by molar-refractivity contribution is 5.92. The van der Waals surface area contributed by atoms with E-state index in [0.29, 0.717) is 25.3 Å². The maximum Gasteiger partial charge on any atom is 0.244 e. The summed E-state index contributed by atoms with van der Waals surface area (Å²) >= 11 is 0. The lowest BCUT2D eigenvalue weighted by Gasteiger charge is -2.35. The first-order valence-corrected chi connectivity index (χ1v) is 8.30. The monoisotopic (exact) mass is 337 g/mol. The van der Waals surface area contributed by atoms with Crippen LogP contribution in [0.4, 0.5) is 5.69 Å². The predicted octanol–water partition coefficient (Wildman–Crippen LogP) is 0.313. The van der Waals surface area contributed by atoms with Crippen LogP contribution in [0.25, 0.3) is 0 Å². The second kappa shape index (κ2) is 8.25. The van der Waals surface area contributed by atoms with Crippen LogP contribution in [-0.2, 0) is 20.9 Å². The van der Waals surface area contributed by atoms with Crippen LogP contribution in [0.1, 0.15) is 20.8 Å². The highest BCUT2D eigenvalue weighted by Gasteiger charge is 2.26. The van der Waals surface area contributed by atoms with Gasteiger partial charge in [0.25, 0.3) is 0 Å². The van der Waals surface area contributed by atoms with E-state index in [0.717, 1.165) is 0 Å². The van der Waals surface area contributed by atoms with Gasteiger partial charge in [0.05, 0.1) is 24.1 Å². The topological polar surface area (TPSA) is 88.5 Å². The lowest BCUT2D eigenvalue weighted by atomic mass is 10.1. The Morgan fingerprint density at radius 3 is 2.67 bits per heavy atom. The first-order chi connectivity index (χ1) is 11.4. The van der Waals surface area contributed by atoms with E-state index < -0.39 is 0 Å². The molecular formula is C16H27N5O3. The van der Waals surface area contributed by atoms with E-state index in [1.807, 2.05) is 20.8 Å². The number of anilines is 1. The number of nitrogens with zero attached hydrogens (tertiary/aromatic N) is 3. The van der Waals surface area contributed by atoms with Gasteiger partial charge in [-0.25, -0.2) is 0 Å². The number of morpholine rings is 1. The van der Waals surface area contributed by atoms with Crippen molar-refractivity contribution in [3.8, 4) is 0 Å². The van der Waals surface area contributed by atoms with Gasteiger partial charge >= 0.3 is 0 Å². The fourth-order valence-electron chi connectivity index (χ4n) is 2.80. The minimum atomic E-state index is -0.142. The maximum atomic E-state index is 12.4. The molecule has 2 heterocycles. The van der Waals surface area contributed by atoms with E-state index in [9.17, 15) is 9.59 Å². The van der Waals surface area contributed by atoms with Crippen LogP contribution in [0.3, 0.4) is 0 Å². The van der Waals surface area contributed by atoms with Crippen molar-refractivity contribution in [2.75, 3.05) is 32.0 Å². The molecule has 24 heavy (non-hydrogen) atoms. The molecule has 1 saturated heterocycles. The van der Waals surface area contributed by atoms with Crippen LogP contribution in [0, 0.1) is 5.92 Å². The van der Waals surface area contributed by atoms with Gasteiger partial charge in [-0.1, -0.05) is 6.92 Å². The first kappa shape index (κ1) is 18.4. The normalized spacial score (nSPS) is 22.2. The summed E-state index contributed by atoms with van der Waals surface area (Å²) in [6, 6.07) is 0. The highest BCUT2D eigenvalue weighted by atomic mass is 16.5. The summed E-state index contributed by atoms with van der Waals surface area (Å²) in [5.41, 5.74) is 0.597. The Labute approximate surface area is 142 Å². The van der Waals surface area contributed by atoms with Gasteiger partial charge in [0, 0.05) is 31.7 Å². The summed E-state index contributed by atoms with van der Waals surface area (Å²) in [7, 11) is 1.81. The molecule has 0 radical (unpaired) electrons. The van der Waals surface area contributed by atoms with Crippen molar-refractivity contribution < 1.29 is 14.3 Å². The lowest BCUT2D eigenvalue weighted by molar-refractivity contribution is -0.144. The third kappa shape index (κ3) is 5.04. The molecule has 2 amide bonds. The van der Waals surface area contributed by atoms with Gasteiger partial charge in [0.15, 0.2) is 0 Å². The Kier molecular flexibility index (Phi) is 6.33. The molecule has 3 atom stereocenters.